The van der Waals surface area contributed by atoms with E-state index in [-0.39, 0.29) is 17.7 Å². The summed E-state index contributed by atoms with van der Waals surface area (Å²) >= 11 is 5.89. The third kappa shape index (κ3) is 3.92. The van der Waals surface area contributed by atoms with Gasteiger partial charge in [0.1, 0.15) is 12.7 Å². The summed E-state index contributed by atoms with van der Waals surface area (Å²) in [5.41, 5.74) is 1.01. The Bertz CT molecular complexity index is 602. The first kappa shape index (κ1) is 17.5. The van der Waals surface area contributed by atoms with Crippen molar-refractivity contribution in [2.45, 2.75) is 32.4 Å². The highest BCUT2D eigenvalue weighted by Crippen LogP contribution is 2.24. The Morgan fingerprint density at radius 3 is 2.74 bits per heavy atom. The number of aliphatic hydroxyl groups is 1. The van der Waals surface area contributed by atoms with E-state index in [9.17, 15) is 14.7 Å². The lowest BCUT2D eigenvalue weighted by molar-refractivity contribution is -0.135. The Balaban J connectivity index is 2.14. The maximum atomic E-state index is 12.6. The maximum Gasteiger partial charge on any atom is 0.416 e. The quantitative estimate of drug-likeness (QED) is 0.897. The van der Waals surface area contributed by atoms with E-state index in [2.05, 4.69) is 0 Å². The summed E-state index contributed by atoms with van der Waals surface area (Å²) < 4.78 is 5.03. The molecular formula is C17H20ClNO4. The molecule has 23 heavy (non-hydrogen) atoms. The average Bonchev–Trinajstić information content (AvgIpc) is 2.93. The van der Waals surface area contributed by atoms with Gasteiger partial charge in [0, 0.05) is 5.03 Å². The fourth-order valence-electron chi connectivity index (χ4n) is 2.53. The number of allylic oxidation sites excluding steroid dienone is 1. The van der Waals surface area contributed by atoms with E-state index in [1.54, 1.807) is 13.8 Å². The monoisotopic (exact) mass is 337 g/mol. The zero-order valence-electron chi connectivity index (χ0n) is 13.1. The molecular weight excluding hydrogens is 318 g/mol. The molecule has 3 atom stereocenters. The van der Waals surface area contributed by atoms with Crippen molar-refractivity contribution in [3.8, 4) is 0 Å². The van der Waals surface area contributed by atoms with Crippen molar-refractivity contribution in [3.05, 3.63) is 47.0 Å². The van der Waals surface area contributed by atoms with Crippen LogP contribution in [0.1, 0.15) is 19.4 Å². The van der Waals surface area contributed by atoms with Gasteiger partial charge in [0.15, 0.2) is 0 Å². The van der Waals surface area contributed by atoms with Crippen LogP contribution in [0.3, 0.4) is 0 Å². The molecule has 1 aliphatic heterocycles. The molecule has 1 aromatic carbocycles. The number of amides is 2. The lowest BCUT2D eigenvalue weighted by atomic mass is 10.00. The first-order valence-electron chi connectivity index (χ1n) is 7.49. The van der Waals surface area contributed by atoms with Gasteiger partial charge in [0.2, 0.25) is 5.91 Å². The number of ether oxygens (including phenoxy) is 1. The third-order valence-electron chi connectivity index (χ3n) is 3.93. The topological polar surface area (TPSA) is 66.8 Å². The molecule has 0 saturated carbocycles. The third-order valence-corrected chi connectivity index (χ3v) is 4.38. The highest BCUT2D eigenvalue weighted by atomic mass is 35.5. The van der Waals surface area contributed by atoms with Crippen LogP contribution in [0.25, 0.3) is 0 Å². The number of carbonyl (C=O) groups excluding carboxylic acids is 2. The number of rotatable bonds is 5. The lowest BCUT2D eigenvalue weighted by Crippen LogP contribution is -2.45. The zero-order chi connectivity index (χ0) is 17.0. The van der Waals surface area contributed by atoms with Gasteiger partial charge in [0.05, 0.1) is 12.0 Å². The van der Waals surface area contributed by atoms with Gasteiger partial charge in [0.25, 0.3) is 0 Å². The van der Waals surface area contributed by atoms with Gasteiger partial charge in [-0.05, 0) is 18.9 Å². The van der Waals surface area contributed by atoms with Crippen LogP contribution in [0.4, 0.5) is 4.79 Å². The SMILES string of the molecule is C/C=C(\Cl)[C@H](O)[C@@H](C)C(=O)N1C(=O)OC[C@H]1Cc1ccccc1. The summed E-state index contributed by atoms with van der Waals surface area (Å²) in [6.07, 6.45) is 0.227. The number of carbonyl (C=O) groups is 2. The number of nitrogens with zero attached hydrogens (tertiary/aromatic N) is 1. The van der Waals surface area contributed by atoms with Gasteiger partial charge in [-0.2, -0.15) is 0 Å². The van der Waals surface area contributed by atoms with Gasteiger partial charge in [-0.1, -0.05) is 54.9 Å². The molecule has 124 valence electrons. The molecule has 1 heterocycles. The highest BCUT2D eigenvalue weighted by Gasteiger charge is 2.41. The molecule has 0 aliphatic carbocycles. The predicted octanol–water partition coefficient (Wildman–Crippen LogP) is 2.72. The van der Waals surface area contributed by atoms with E-state index in [0.29, 0.717) is 6.42 Å². The number of halogens is 1. The lowest BCUT2D eigenvalue weighted by Gasteiger charge is -2.25. The summed E-state index contributed by atoms with van der Waals surface area (Å²) in [5.74, 6) is -1.32. The van der Waals surface area contributed by atoms with E-state index in [1.807, 2.05) is 30.3 Å². The fourth-order valence-corrected chi connectivity index (χ4v) is 2.72. The molecule has 1 aromatic rings. The van der Waals surface area contributed by atoms with Crippen LogP contribution in [-0.2, 0) is 16.0 Å². The number of hydrogen-bond acceptors (Lipinski definition) is 4. The van der Waals surface area contributed by atoms with Gasteiger partial charge in [-0.25, -0.2) is 9.69 Å². The van der Waals surface area contributed by atoms with Crippen molar-refractivity contribution < 1.29 is 19.4 Å². The largest absolute Gasteiger partial charge is 0.447 e. The number of benzene rings is 1. The van der Waals surface area contributed by atoms with E-state index < -0.39 is 24.0 Å². The molecule has 2 rings (SSSR count). The first-order chi connectivity index (χ1) is 11.0. The van der Waals surface area contributed by atoms with E-state index in [1.165, 1.54) is 6.08 Å². The van der Waals surface area contributed by atoms with E-state index in [4.69, 9.17) is 16.3 Å². The molecule has 1 N–H and O–H groups in total. The number of hydrogen-bond donors (Lipinski definition) is 1. The second-order valence-electron chi connectivity index (χ2n) is 5.54. The molecule has 0 bridgehead atoms. The standard InChI is InChI=1S/C17H20ClNO4/c1-3-14(18)15(20)11(2)16(21)19-13(10-23-17(19)22)9-12-7-5-4-6-8-12/h3-8,11,13,15,20H,9-10H2,1-2H3/b14-3-/t11-,13-,15-/m1/s1. The van der Waals surface area contributed by atoms with Crippen molar-refractivity contribution in [1.82, 2.24) is 4.90 Å². The van der Waals surface area contributed by atoms with Crippen LogP contribution >= 0.6 is 11.6 Å². The highest BCUT2D eigenvalue weighted by molar-refractivity contribution is 6.30. The Morgan fingerprint density at radius 1 is 1.48 bits per heavy atom. The molecule has 1 saturated heterocycles. The molecule has 0 unspecified atom stereocenters. The van der Waals surface area contributed by atoms with Crippen LogP contribution in [0.2, 0.25) is 0 Å². The molecule has 0 radical (unpaired) electrons. The summed E-state index contributed by atoms with van der Waals surface area (Å²) in [6, 6.07) is 9.19. The van der Waals surface area contributed by atoms with Crippen molar-refractivity contribution in [2.24, 2.45) is 5.92 Å². The molecule has 1 fully saturated rings. The van der Waals surface area contributed by atoms with Gasteiger partial charge in [-0.15, -0.1) is 0 Å². The van der Waals surface area contributed by atoms with Crippen molar-refractivity contribution in [3.63, 3.8) is 0 Å². The molecule has 1 aliphatic rings. The summed E-state index contributed by atoms with van der Waals surface area (Å²) in [6.45, 7) is 3.37. The smallest absolute Gasteiger partial charge is 0.416 e. The Hall–Kier alpha value is -1.85. The van der Waals surface area contributed by atoms with E-state index in [0.717, 1.165) is 10.5 Å². The minimum absolute atomic E-state index is 0.152. The average molecular weight is 338 g/mol. The number of aliphatic hydroxyl groups excluding tert-OH is 1. The summed E-state index contributed by atoms with van der Waals surface area (Å²) in [7, 11) is 0. The Kier molecular flexibility index (Phi) is 5.80. The van der Waals surface area contributed by atoms with Crippen LogP contribution in [0.15, 0.2) is 41.4 Å². The van der Waals surface area contributed by atoms with Crippen LogP contribution in [0.5, 0.6) is 0 Å². The molecule has 6 heteroatoms. The molecule has 5 nitrogen and oxygen atoms in total. The second kappa shape index (κ2) is 7.62. The van der Waals surface area contributed by atoms with Crippen LogP contribution in [-0.4, -0.2) is 40.8 Å². The van der Waals surface area contributed by atoms with Crippen molar-refractivity contribution in [1.29, 1.82) is 0 Å². The minimum atomic E-state index is -1.14. The summed E-state index contributed by atoms with van der Waals surface area (Å²) in [5, 5.41) is 10.3. The predicted molar refractivity (Wildman–Crippen MR) is 86.9 cm³/mol. The van der Waals surface area contributed by atoms with E-state index >= 15 is 0 Å². The first-order valence-corrected chi connectivity index (χ1v) is 7.87. The zero-order valence-corrected chi connectivity index (χ0v) is 13.9. The molecule has 0 spiro atoms. The maximum absolute atomic E-state index is 12.6. The minimum Gasteiger partial charge on any atom is -0.447 e. The van der Waals surface area contributed by atoms with Gasteiger partial charge >= 0.3 is 6.09 Å². The second-order valence-corrected chi connectivity index (χ2v) is 5.97. The van der Waals surface area contributed by atoms with Crippen molar-refractivity contribution >= 4 is 23.6 Å². The van der Waals surface area contributed by atoms with Crippen LogP contribution in [0, 0.1) is 5.92 Å². The Labute approximate surface area is 140 Å². The number of cyclic esters (lactones) is 1. The van der Waals surface area contributed by atoms with Gasteiger partial charge < -0.3 is 9.84 Å². The van der Waals surface area contributed by atoms with Gasteiger partial charge in [-0.3, -0.25) is 4.79 Å². The summed E-state index contributed by atoms with van der Waals surface area (Å²) in [4.78, 5) is 25.6. The fraction of sp³-hybridized carbons (Fsp3) is 0.412. The normalized spacial score (nSPS) is 21.0. The van der Waals surface area contributed by atoms with Crippen LogP contribution < -0.4 is 0 Å². The Morgan fingerprint density at radius 2 is 2.13 bits per heavy atom. The van der Waals surface area contributed by atoms with Crippen molar-refractivity contribution in [2.75, 3.05) is 6.61 Å². The molecule has 2 amide bonds. The number of imide groups is 1. The molecule has 0 aromatic heterocycles.